The molecule has 0 saturated carbocycles. The number of allylic oxidation sites excluding steroid dienone is 1. The molecule has 0 atom stereocenters. The molecular formula is C27H23FN8. The number of aromatic nitrogens is 6. The predicted molar refractivity (Wildman–Crippen MR) is 140 cm³/mol. The summed E-state index contributed by atoms with van der Waals surface area (Å²) >= 11 is 0. The van der Waals surface area contributed by atoms with Crippen molar-refractivity contribution >= 4 is 28.0 Å². The van der Waals surface area contributed by atoms with E-state index >= 15 is 4.39 Å². The van der Waals surface area contributed by atoms with Crippen LogP contribution >= 0.6 is 0 Å². The average Bonchev–Trinajstić information content (AvgIpc) is 3.34. The Morgan fingerprint density at radius 2 is 1.86 bits per heavy atom. The van der Waals surface area contributed by atoms with Crippen LogP contribution in [0.1, 0.15) is 24.7 Å². The maximum Gasteiger partial charge on any atom is 0.159 e. The lowest BCUT2D eigenvalue weighted by Crippen LogP contribution is -2.04. The molecular weight excluding hydrogens is 455 g/mol. The summed E-state index contributed by atoms with van der Waals surface area (Å²) in [4.78, 5) is 25.0. The van der Waals surface area contributed by atoms with Crippen molar-refractivity contribution in [1.82, 2.24) is 29.9 Å². The number of nitrogen functional groups attached to an aromatic ring is 1. The third-order valence-electron chi connectivity index (χ3n) is 5.73. The second-order valence-corrected chi connectivity index (χ2v) is 8.16. The fourth-order valence-electron chi connectivity index (χ4n) is 3.85. The predicted octanol–water partition coefficient (Wildman–Crippen LogP) is 5.60. The first-order chi connectivity index (χ1) is 17.5. The maximum atomic E-state index is 15.9. The van der Waals surface area contributed by atoms with Crippen LogP contribution in [-0.2, 0) is 0 Å². The first kappa shape index (κ1) is 22.9. The average molecular weight is 479 g/mol. The number of rotatable bonds is 7. The minimum absolute atomic E-state index is 0.104. The van der Waals surface area contributed by atoms with Crippen molar-refractivity contribution < 1.29 is 4.39 Å². The van der Waals surface area contributed by atoms with Crippen LogP contribution in [0, 0.1) is 5.82 Å². The van der Waals surface area contributed by atoms with E-state index in [1.54, 1.807) is 43.1 Å². The summed E-state index contributed by atoms with van der Waals surface area (Å²) in [6.07, 6.45) is 10.4. The third kappa shape index (κ3) is 4.18. The van der Waals surface area contributed by atoms with Crippen molar-refractivity contribution in [1.29, 1.82) is 0 Å². The van der Waals surface area contributed by atoms with Crippen molar-refractivity contribution in [3.05, 3.63) is 97.5 Å². The third-order valence-corrected chi connectivity index (χ3v) is 5.73. The Morgan fingerprint density at radius 3 is 2.64 bits per heavy atom. The number of aromatic amines is 1. The molecule has 0 saturated heterocycles. The van der Waals surface area contributed by atoms with E-state index in [2.05, 4.69) is 48.4 Å². The molecule has 0 fully saturated rings. The highest BCUT2D eigenvalue weighted by Crippen LogP contribution is 2.34. The number of nitrogens with one attached hydrogen (secondary N) is 2. The summed E-state index contributed by atoms with van der Waals surface area (Å²) in [5.41, 5.74) is 11.6. The van der Waals surface area contributed by atoms with Gasteiger partial charge in [0.15, 0.2) is 5.82 Å². The van der Waals surface area contributed by atoms with Crippen LogP contribution in [-0.4, -0.2) is 29.9 Å². The second-order valence-electron chi connectivity index (χ2n) is 8.16. The van der Waals surface area contributed by atoms with Gasteiger partial charge in [0.25, 0.3) is 0 Å². The molecule has 5 heterocycles. The van der Waals surface area contributed by atoms with Crippen LogP contribution < -0.4 is 11.1 Å². The van der Waals surface area contributed by atoms with E-state index in [1.165, 1.54) is 6.20 Å². The van der Waals surface area contributed by atoms with Crippen molar-refractivity contribution in [2.24, 2.45) is 0 Å². The highest BCUT2D eigenvalue weighted by molar-refractivity contribution is 5.93. The normalized spacial score (nSPS) is 10.9. The molecule has 8 nitrogen and oxygen atoms in total. The molecule has 0 aliphatic carbocycles. The Balaban J connectivity index is 1.56. The van der Waals surface area contributed by atoms with Gasteiger partial charge < -0.3 is 16.0 Å². The van der Waals surface area contributed by atoms with E-state index in [4.69, 9.17) is 5.73 Å². The molecule has 9 heteroatoms. The smallest absolute Gasteiger partial charge is 0.159 e. The minimum atomic E-state index is -0.612. The number of halogens is 1. The van der Waals surface area contributed by atoms with Gasteiger partial charge in [-0.2, -0.15) is 0 Å². The van der Waals surface area contributed by atoms with Crippen molar-refractivity contribution in [3.63, 3.8) is 0 Å². The Hall–Kier alpha value is -4.92. The highest BCUT2D eigenvalue weighted by Gasteiger charge is 2.21. The number of imidazole rings is 1. The van der Waals surface area contributed by atoms with E-state index in [9.17, 15) is 0 Å². The zero-order valence-corrected chi connectivity index (χ0v) is 19.6. The maximum absolute atomic E-state index is 15.9. The quantitative estimate of drug-likeness (QED) is 0.279. The summed E-state index contributed by atoms with van der Waals surface area (Å²) < 4.78 is 15.9. The van der Waals surface area contributed by atoms with Gasteiger partial charge in [-0.1, -0.05) is 20.1 Å². The van der Waals surface area contributed by atoms with E-state index in [0.29, 0.717) is 33.9 Å². The van der Waals surface area contributed by atoms with Gasteiger partial charge in [0.05, 0.1) is 35.0 Å². The van der Waals surface area contributed by atoms with Gasteiger partial charge in [0.1, 0.15) is 17.0 Å². The van der Waals surface area contributed by atoms with Gasteiger partial charge >= 0.3 is 0 Å². The highest BCUT2D eigenvalue weighted by atomic mass is 19.1. The Morgan fingerprint density at radius 1 is 1.03 bits per heavy atom. The molecule has 5 aromatic rings. The van der Waals surface area contributed by atoms with Gasteiger partial charge in [-0.15, -0.1) is 0 Å². The molecule has 178 valence electrons. The van der Waals surface area contributed by atoms with Crippen LogP contribution in [0.15, 0.2) is 80.3 Å². The first-order valence-electron chi connectivity index (χ1n) is 11.2. The Labute approximate surface area is 206 Å². The number of H-pyrrole nitrogens is 1. The molecule has 0 radical (unpaired) electrons. The molecule has 5 aromatic heterocycles. The fraction of sp³-hybridized carbons (Fsp3) is 0.0741. The lowest BCUT2D eigenvalue weighted by molar-refractivity contribution is 0.622. The number of hydrogen-bond donors (Lipinski definition) is 3. The van der Waals surface area contributed by atoms with Gasteiger partial charge in [0, 0.05) is 52.7 Å². The van der Waals surface area contributed by atoms with Crippen LogP contribution in [0.3, 0.4) is 0 Å². The number of pyridine rings is 4. The molecule has 5 rings (SSSR count). The number of nitrogens with two attached hydrogens (primary N) is 1. The number of anilines is 2. The zero-order valence-electron chi connectivity index (χ0n) is 19.6. The van der Waals surface area contributed by atoms with Gasteiger partial charge in [-0.25, -0.2) is 9.37 Å². The van der Waals surface area contributed by atoms with Crippen LogP contribution in [0.5, 0.6) is 0 Å². The van der Waals surface area contributed by atoms with E-state index in [0.717, 1.165) is 23.2 Å². The molecule has 0 aromatic carbocycles. The standard InChI is InChI=1S/C27H23FN8/c1-4-15(2)34-19-10-18(12-31-13-19)24-23(28)22(20(29)14-33-24)16(3)27-35-21-7-9-32-25(26(21)36-27)17-6-5-8-30-11-17/h5-14,34H,2-4,29H2,1H3,(H,35,36). The Kier molecular flexibility index (Phi) is 5.95. The summed E-state index contributed by atoms with van der Waals surface area (Å²) in [5, 5.41) is 3.15. The molecule has 0 bridgehead atoms. The molecule has 0 aliphatic heterocycles. The number of nitrogens with zero attached hydrogens (tertiary/aromatic N) is 5. The van der Waals surface area contributed by atoms with Crippen LogP contribution in [0.25, 0.3) is 39.1 Å². The molecule has 36 heavy (non-hydrogen) atoms. The molecule has 0 aliphatic rings. The second kappa shape index (κ2) is 9.38. The fourth-order valence-corrected chi connectivity index (χ4v) is 3.85. The van der Waals surface area contributed by atoms with Crippen molar-refractivity contribution in [2.45, 2.75) is 13.3 Å². The largest absolute Gasteiger partial charge is 0.397 e. The lowest BCUT2D eigenvalue weighted by Gasteiger charge is -2.13. The summed E-state index contributed by atoms with van der Waals surface area (Å²) in [7, 11) is 0. The first-order valence-corrected chi connectivity index (χ1v) is 11.2. The van der Waals surface area contributed by atoms with E-state index < -0.39 is 5.82 Å². The van der Waals surface area contributed by atoms with Gasteiger partial charge in [0.2, 0.25) is 0 Å². The minimum Gasteiger partial charge on any atom is -0.397 e. The zero-order chi connectivity index (χ0) is 25.2. The number of hydrogen-bond acceptors (Lipinski definition) is 7. The molecule has 4 N–H and O–H groups in total. The van der Waals surface area contributed by atoms with Gasteiger partial charge in [-0.05, 0) is 30.7 Å². The summed E-state index contributed by atoms with van der Waals surface area (Å²) in [5.74, 6) is -0.238. The molecule has 0 unspecified atom stereocenters. The molecule has 0 amide bonds. The topological polar surface area (TPSA) is 118 Å². The van der Waals surface area contributed by atoms with Crippen molar-refractivity contribution in [2.75, 3.05) is 11.1 Å². The lowest BCUT2D eigenvalue weighted by atomic mass is 10.0. The monoisotopic (exact) mass is 478 g/mol. The summed E-state index contributed by atoms with van der Waals surface area (Å²) in [6, 6.07) is 7.28. The molecule has 0 spiro atoms. The SMILES string of the molecule is C=C(CC)Nc1cncc(-c2ncc(N)c(C(=C)c3nc4c(-c5cccnc5)nccc4[nH]3)c2F)c1. The van der Waals surface area contributed by atoms with Crippen molar-refractivity contribution in [3.8, 4) is 22.5 Å². The Bertz CT molecular complexity index is 1610. The van der Waals surface area contributed by atoms with Crippen LogP contribution in [0.2, 0.25) is 0 Å². The summed E-state index contributed by atoms with van der Waals surface area (Å²) in [6.45, 7) is 10.0. The number of fused-ring (bicyclic) bond motifs is 1. The van der Waals surface area contributed by atoms with Gasteiger partial charge in [-0.3, -0.25) is 19.9 Å². The van der Waals surface area contributed by atoms with E-state index in [1.807, 2.05) is 19.1 Å². The van der Waals surface area contributed by atoms with E-state index in [-0.39, 0.29) is 16.9 Å². The van der Waals surface area contributed by atoms with Crippen LogP contribution in [0.4, 0.5) is 15.8 Å².